The smallest absolute Gasteiger partial charge is 0.0900 e. The summed E-state index contributed by atoms with van der Waals surface area (Å²) in [6, 6.07) is 0.228. The van der Waals surface area contributed by atoms with Gasteiger partial charge in [-0.2, -0.15) is 0 Å². The van der Waals surface area contributed by atoms with E-state index in [0.717, 1.165) is 6.54 Å². The third kappa shape index (κ3) is 2.70. The number of hydrogen-bond acceptors (Lipinski definition) is 2. The van der Waals surface area contributed by atoms with Crippen LogP contribution in [-0.2, 0) is 0 Å². The van der Waals surface area contributed by atoms with E-state index in [9.17, 15) is 0 Å². The van der Waals surface area contributed by atoms with E-state index in [0.29, 0.717) is 15.7 Å². The Labute approximate surface area is 122 Å². The quantitative estimate of drug-likeness (QED) is 0.476. The molecule has 0 aliphatic rings. The Morgan fingerprint density at radius 1 is 1.00 bits per heavy atom. The largest absolute Gasteiger partial charge is 0.396 e. The molecule has 2 N–H and O–H groups in total. The van der Waals surface area contributed by atoms with Gasteiger partial charge in [-0.25, -0.2) is 0 Å². The lowest BCUT2D eigenvalue weighted by atomic mass is 10.2. The van der Waals surface area contributed by atoms with Crippen LogP contribution in [0.15, 0.2) is 0 Å². The van der Waals surface area contributed by atoms with Gasteiger partial charge in [0.2, 0.25) is 0 Å². The fourth-order valence-corrected chi connectivity index (χ4v) is 2.79. The Bertz CT molecular complexity index is 403. The third-order valence-electron chi connectivity index (χ3n) is 2.53. The zero-order chi connectivity index (χ0) is 13.3. The number of benzene rings is 1. The average Bonchev–Trinajstić information content (AvgIpc) is 2.29. The van der Waals surface area contributed by atoms with Crippen molar-refractivity contribution in [2.24, 2.45) is 0 Å². The van der Waals surface area contributed by atoms with E-state index in [1.165, 1.54) is 0 Å². The Hall–Kier alpha value is -0.0200. The lowest BCUT2D eigenvalue weighted by Crippen LogP contribution is -2.31. The molecule has 0 radical (unpaired) electrons. The van der Waals surface area contributed by atoms with Crippen LogP contribution in [0.1, 0.15) is 20.8 Å². The molecule has 0 aliphatic heterocycles. The Morgan fingerprint density at radius 3 is 1.94 bits per heavy atom. The second-order valence-electron chi connectivity index (χ2n) is 3.90. The maximum atomic E-state index is 6.20. The molecule has 1 rings (SSSR count). The Kier molecular flexibility index (Phi) is 5.08. The summed E-state index contributed by atoms with van der Waals surface area (Å²) >= 11 is 24.4. The molecule has 96 valence electrons. The minimum atomic E-state index is 0.199. The van der Waals surface area contributed by atoms with E-state index in [1.807, 2.05) is 25.7 Å². The molecule has 0 amide bonds. The van der Waals surface area contributed by atoms with Gasteiger partial charge in [-0.3, -0.25) is 0 Å². The van der Waals surface area contributed by atoms with E-state index >= 15 is 0 Å². The van der Waals surface area contributed by atoms with Gasteiger partial charge >= 0.3 is 0 Å². The summed E-state index contributed by atoms with van der Waals surface area (Å²) in [7, 11) is 0. The normalized spacial score (nSPS) is 11.1. The van der Waals surface area contributed by atoms with Crippen LogP contribution in [0.5, 0.6) is 0 Å². The van der Waals surface area contributed by atoms with Crippen LogP contribution < -0.4 is 10.6 Å². The van der Waals surface area contributed by atoms with Crippen molar-refractivity contribution in [3.05, 3.63) is 20.1 Å². The monoisotopic (exact) mass is 314 g/mol. The minimum Gasteiger partial charge on any atom is -0.396 e. The average molecular weight is 316 g/mol. The van der Waals surface area contributed by atoms with Gasteiger partial charge in [0.1, 0.15) is 0 Å². The van der Waals surface area contributed by atoms with E-state index in [2.05, 4.69) is 0 Å². The number of nitrogens with zero attached hydrogens (tertiary/aromatic N) is 1. The lowest BCUT2D eigenvalue weighted by Gasteiger charge is -2.30. The summed E-state index contributed by atoms with van der Waals surface area (Å²) in [6.07, 6.45) is 0. The standard InChI is InChI=1S/C11H14Cl4N2/c1-4-17(5(2)3)11-8(14)6(12)7(13)10(16)9(11)15/h5H,4,16H2,1-3H3. The highest BCUT2D eigenvalue weighted by atomic mass is 35.5. The van der Waals surface area contributed by atoms with Gasteiger partial charge in [0.05, 0.1) is 31.5 Å². The van der Waals surface area contributed by atoms with Crippen LogP contribution in [-0.4, -0.2) is 12.6 Å². The van der Waals surface area contributed by atoms with Crippen molar-refractivity contribution >= 4 is 57.8 Å². The molecular weight excluding hydrogens is 302 g/mol. The minimum absolute atomic E-state index is 0.199. The maximum absolute atomic E-state index is 6.20. The lowest BCUT2D eigenvalue weighted by molar-refractivity contribution is 0.704. The van der Waals surface area contributed by atoms with Crippen molar-refractivity contribution in [2.75, 3.05) is 17.2 Å². The summed E-state index contributed by atoms with van der Waals surface area (Å²) in [4.78, 5) is 2.02. The van der Waals surface area contributed by atoms with Gasteiger partial charge in [-0.15, -0.1) is 0 Å². The molecule has 0 fully saturated rings. The molecular formula is C11H14Cl4N2. The number of halogens is 4. The predicted molar refractivity (Wildman–Crippen MR) is 79.1 cm³/mol. The van der Waals surface area contributed by atoms with Crippen molar-refractivity contribution in [1.29, 1.82) is 0 Å². The van der Waals surface area contributed by atoms with Crippen molar-refractivity contribution in [2.45, 2.75) is 26.8 Å². The first-order valence-corrected chi connectivity index (χ1v) is 6.72. The molecule has 0 aromatic heterocycles. The first kappa shape index (κ1) is 15.0. The van der Waals surface area contributed by atoms with Crippen molar-refractivity contribution in [1.82, 2.24) is 0 Å². The van der Waals surface area contributed by atoms with Crippen LogP contribution in [0.3, 0.4) is 0 Å². The maximum Gasteiger partial charge on any atom is 0.0900 e. The summed E-state index contributed by atoms with van der Waals surface area (Å²) in [5.41, 5.74) is 6.71. The summed E-state index contributed by atoms with van der Waals surface area (Å²) in [5.74, 6) is 0. The topological polar surface area (TPSA) is 29.3 Å². The predicted octanol–water partition coefficient (Wildman–Crippen LogP) is 5.12. The fourth-order valence-electron chi connectivity index (χ4n) is 1.67. The number of nitrogen functional groups attached to an aromatic ring is 1. The molecule has 0 bridgehead atoms. The highest BCUT2D eigenvalue weighted by Crippen LogP contribution is 2.47. The number of anilines is 2. The molecule has 1 aromatic rings. The molecule has 0 unspecified atom stereocenters. The Morgan fingerprint density at radius 2 is 1.53 bits per heavy atom. The molecule has 0 saturated carbocycles. The third-order valence-corrected chi connectivity index (χ3v) is 4.24. The second-order valence-corrected chi connectivity index (χ2v) is 5.41. The first-order chi connectivity index (χ1) is 7.82. The highest BCUT2D eigenvalue weighted by Gasteiger charge is 2.23. The molecule has 6 heteroatoms. The summed E-state index contributed by atoms with van der Waals surface area (Å²) in [6.45, 7) is 6.82. The zero-order valence-corrected chi connectivity index (χ0v) is 12.8. The van der Waals surface area contributed by atoms with Crippen LogP contribution in [0, 0.1) is 0 Å². The van der Waals surface area contributed by atoms with Crippen molar-refractivity contribution < 1.29 is 0 Å². The molecule has 17 heavy (non-hydrogen) atoms. The van der Waals surface area contributed by atoms with Gasteiger partial charge < -0.3 is 10.6 Å². The molecule has 0 saturated heterocycles. The molecule has 2 nitrogen and oxygen atoms in total. The van der Waals surface area contributed by atoms with Crippen molar-refractivity contribution in [3.63, 3.8) is 0 Å². The molecule has 0 heterocycles. The number of nitrogens with two attached hydrogens (primary N) is 1. The molecule has 0 spiro atoms. The van der Waals surface area contributed by atoms with E-state index in [4.69, 9.17) is 52.1 Å². The van der Waals surface area contributed by atoms with Gasteiger partial charge in [-0.05, 0) is 20.8 Å². The van der Waals surface area contributed by atoms with E-state index in [-0.39, 0.29) is 21.8 Å². The van der Waals surface area contributed by atoms with Crippen LogP contribution in [0.2, 0.25) is 20.1 Å². The number of hydrogen-bond donors (Lipinski definition) is 1. The van der Waals surface area contributed by atoms with E-state index in [1.54, 1.807) is 0 Å². The molecule has 1 aromatic carbocycles. The highest BCUT2D eigenvalue weighted by molar-refractivity contribution is 6.53. The number of rotatable bonds is 3. The van der Waals surface area contributed by atoms with Gasteiger partial charge in [-0.1, -0.05) is 46.4 Å². The summed E-state index contributed by atoms with van der Waals surface area (Å²) in [5, 5.41) is 1.13. The van der Waals surface area contributed by atoms with Crippen LogP contribution >= 0.6 is 46.4 Å². The molecule has 0 aliphatic carbocycles. The van der Waals surface area contributed by atoms with Crippen LogP contribution in [0.25, 0.3) is 0 Å². The zero-order valence-electron chi connectivity index (χ0n) is 9.82. The summed E-state index contributed by atoms with van der Waals surface area (Å²) < 4.78 is 0. The second kappa shape index (κ2) is 5.75. The van der Waals surface area contributed by atoms with Crippen molar-refractivity contribution in [3.8, 4) is 0 Å². The van der Waals surface area contributed by atoms with Gasteiger partial charge in [0.25, 0.3) is 0 Å². The van der Waals surface area contributed by atoms with Gasteiger partial charge in [0.15, 0.2) is 0 Å². The van der Waals surface area contributed by atoms with Crippen LogP contribution in [0.4, 0.5) is 11.4 Å². The first-order valence-electron chi connectivity index (χ1n) is 5.20. The van der Waals surface area contributed by atoms with E-state index < -0.39 is 0 Å². The van der Waals surface area contributed by atoms with Gasteiger partial charge in [0, 0.05) is 12.6 Å². The SMILES string of the molecule is CCN(c1c(Cl)c(N)c(Cl)c(Cl)c1Cl)C(C)C. The molecule has 0 atom stereocenters. The Balaban J connectivity index is 3.53. The fraction of sp³-hybridized carbons (Fsp3) is 0.455.